The number of rotatable bonds is 3. The Labute approximate surface area is 124 Å². The van der Waals surface area contributed by atoms with Crippen LogP contribution in [0.4, 0.5) is 5.69 Å². The Kier molecular flexibility index (Phi) is 3.26. The molecular formula is C17H18N2O2. The molecule has 0 saturated heterocycles. The number of para-hydroxylation sites is 1. The average molecular weight is 282 g/mol. The molecule has 1 aromatic carbocycles. The number of likely N-dealkylation sites (N-methyl/N-ethyl adjacent to an activating group) is 1. The van der Waals surface area contributed by atoms with E-state index in [-0.39, 0.29) is 12.3 Å². The summed E-state index contributed by atoms with van der Waals surface area (Å²) in [7, 11) is 0. The molecule has 0 unspecified atom stereocenters. The van der Waals surface area contributed by atoms with E-state index in [1.165, 1.54) is 0 Å². The first-order valence-electron chi connectivity index (χ1n) is 7.11. The van der Waals surface area contributed by atoms with Crippen LogP contribution in [0.15, 0.2) is 42.6 Å². The van der Waals surface area contributed by atoms with Gasteiger partial charge >= 0.3 is 0 Å². The zero-order valence-corrected chi connectivity index (χ0v) is 12.2. The highest BCUT2D eigenvalue weighted by Crippen LogP contribution is 2.41. The van der Waals surface area contributed by atoms with E-state index in [2.05, 4.69) is 4.98 Å². The lowest BCUT2D eigenvalue weighted by atomic mass is 9.90. The highest BCUT2D eigenvalue weighted by molar-refractivity contribution is 6.06. The second kappa shape index (κ2) is 4.97. The first-order chi connectivity index (χ1) is 10.1. The number of carbonyl (C=O) groups excluding carboxylic acids is 1. The maximum Gasteiger partial charge on any atom is 0.264 e. The maximum absolute atomic E-state index is 12.7. The number of hydrogen-bond donors (Lipinski definition) is 1. The third-order valence-corrected chi connectivity index (χ3v) is 3.96. The SMILES string of the molecule is CCN1C(=O)[C@](O)(Cc2cc(C)ccn2)c2ccccc21. The van der Waals surface area contributed by atoms with Crippen molar-refractivity contribution in [2.75, 3.05) is 11.4 Å². The minimum absolute atomic E-state index is 0.195. The van der Waals surface area contributed by atoms with Crippen LogP contribution >= 0.6 is 0 Å². The molecule has 0 fully saturated rings. The fourth-order valence-corrected chi connectivity index (χ4v) is 2.95. The van der Waals surface area contributed by atoms with Gasteiger partial charge in [-0.25, -0.2) is 0 Å². The van der Waals surface area contributed by atoms with Crippen molar-refractivity contribution in [1.82, 2.24) is 4.98 Å². The fourth-order valence-electron chi connectivity index (χ4n) is 2.95. The lowest BCUT2D eigenvalue weighted by Crippen LogP contribution is -2.42. The second-order valence-corrected chi connectivity index (χ2v) is 5.43. The number of pyridine rings is 1. The van der Waals surface area contributed by atoms with Gasteiger partial charge in [-0.2, -0.15) is 0 Å². The molecule has 1 N–H and O–H groups in total. The molecule has 1 aliphatic heterocycles. The van der Waals surface area contributed by atoms with Gasteiger partial charge in [0.2, 0.25) is 0 Å². The number of nitrogens with zero attached hydrogens (tertiary/aromatic N) is 2. The molecule has 21 heavy (non-hydrogen) atoms. The zero-order valence-electron chi connectivity index (χ0n) is 12.2. The lowest BCUT2D eigenvalue weighted by molar-refractivity contribution is -0.136. The van der Waals surface area contributed by atoms with Gasteiger partial charge in [0.15, 0.2) is 5.60 Å². The number of benzene rings is 1. The fraction of sp³-hybridized carbons (Fsp3) is 0.294. The number of fused-ring (bicyclic) bond motifs is 1. The largest absolute Gasteiger partial charge is 0.375 e. The Morgan fingerprint density at radius 3 is 2.76 bits per heavy atom. The predicted molar refractivity (Wildman–Crippen MR) is 81.0 cm³/mol. The van der Waals surface area contributed by atoms with Crippen LogP contribution in [-0.4, -0.2) is 22.5 Å². The molecule has 1 amide bonds. The quantitative estimate of drug-likeness (QED) is 0.939. The van der Waals surface area contributed by atoms with Gasteiger partial charge in [-0.15, -0.1) is 0 Å². The van der Waals surface area contributed by atoms with Crippen LogP contribution in [0.3, 0.4) is 0 Å². The minimum Gasteiger partial charge on any atom is -0.375 e. The molecule has 1 aromatic heterocycles. The van der Waals surface area contributed by atoms with Crippen molar-refractivity contribution in [3.8, 4) is 0 Å². The molecule has 2 aromatic rings. The molecule has 0 spiro atoms. The number of aryl methyl sites for hydroxylation is 1. The Morgan fingerprint density at radius 2 is 2.05 bits per heavy atom. The summed E-state index contributed by atoms with van der Waals surface area (Å²) in [6.07, 6.45) is 1.90. The van der Waals surface area contributed by atoms with E-state index in [9.17, 15) is 9.90 Å². The number of anilines is 1. The van der Waals surface area contributed by atoms with Gasteiger partial charge in [-0.05, 0) is 37.6 Å². The van der Waals surface area contributed by atoms with Crippen LogP contribution in [0.5, 0.6) is 0 Å². The van der Waals surface area contributed by atoms with E-state index in [1.807, 2.05) is 50.2 Å². The Morgan fingerprint density at radius 1 is 1.29 bits per heavy atom. The van der Waals surface area contributed by atoms with Crippen LogP contribution in [-0.2, 0) is 16.8 Å². The van der Waals surface area contributed by atoms with Gasteiger partial charge in [-0.3, -0.25) is 9.78 Å². The first kappa shape index (κ1) is 13.8. The summed E-state index contributed by atoms with van der Waals surface area (Å²) < 4.78 is 0. The van der Waals surface area contributed by atoms with Gasteiger partial charge < -0.3 is 10.0 Å². The van der Waals surface area contributed by atoms with Gasteiger partial charge in [0.05, 0.1) is 5.69 Å². The Hall–Kier alpha value is -2.20. The van der Waals surface area contributed by atoms with E-state index >= 15 is 0 Å². The molecule has 4 nitrogen and oxygen atoms in total. The summed E-state index contributed by atoms with van der Waals surface area (Å²) in [5, 5.41) is 11.0. The van der Waals surface area contributed by atoms with Crippen molar-refractivity contribution >= 4 is 11.6 Å². The molecule has 0 aliphatic carbocycles. The number of hydrogen-bond acceptors (Lipinski definition) is 3. The smallest absolute Gasteiger partial charge is 0.264 e. The highest BCUT2D eigenvalue weighted by atomic mass is 16.3. The molecule has 1 atom stereocenters. The standard InChI is InChI=1S/C17H18N2O2/c1-3-19-15-7-5-4-6-14(15)17(21,16(19)20)11-13-10-12(2)8-9-18-13/h4-10,21H,3,11H2,1-2H3/t17-/m0/s1. The molecular weight excluding hydrogens is 264 g/mol. The van der Waals surface area contributed by atoms with E-state index in [0.29, 0.717) is 12.1 Å². The number of carbonyl (C=O) groups is 1. The Bertz CT molecular complexity index is 699. The van der Waals surface area contributed by atoms with E-state index in [4.69, 9.17) is 0 Å². The number of amides is 1. The summed E-state index contributed by atoms with van der Waals surface area (Å²) >= 11 is 0. The molecule has 108 valence electrons. The molecule has 3 rings (SSSR count). The van der Waals surface area contributed by atoms with Crippen LogP contribution in [0.1, 0.15) is 23.7 Å². The molecule has 0 bridgehead atoms. The summed E-state index contributed by atoms with van der Waals surface area (Å²) in [4.78, 5) is 18.6. The van der Waals surface area contributed by atoms with Crippen molar-refractivity contribution in [2.45, 2.75) is 25.9 Å². The normalized spacial score (nSPS) is 20.7. The van der Waals surface area contributed by atoms with Crippen molar-refractivity contribution in [3.05, 3.63) is 59.4 Å². The van der Waals surface area contributed by atoms with Crippen LogP contribution in [0.25, 0.3) is 0 Å². The van der Waals surface area contributed by atoms with Crippen LogP contribution < -0.4 is 4.90 Å². The van der Waals surface area contributed by atoms with Crippen LogP contribution in [0.2, 0.25) is 0 Å². The van der Waals surface area contributed by atoms with Crippen molar-refractivity contribution in [1.29, 1.82) is 0 Å². The van der Waals surface area contributed by atoms with Gasteiger partial charge in [0.1, 0.15) is 0 Å². The van der Waals surface area contributed by atoms with Gasteiger partial charge in [0.25, 0.3) is 5.91 Å². The molecule has 2 heterocycles. The first-order valence-corrected chi connectivity index (χ1v) is 7.11. The lowest BCUT2D eigenvalue weighted by Gasteiger charge is -2.22. The highest BCUT2D eigenvalue weighted by Gasteiger charge is 2.49. The van der Waals surface area contributed by atoms with E-state index in [1.54, 1.807) is 11.1 Å². The van der Waals surface area contributed by atoms with E-state index in [0.717, 1.165) is 16.9 Å². The minimum atomic E-state index is -1.52. The van der Waals surface area contributed by atoms with Crippen molar-refractivity contribution in [2.24, 2.45) is 0 Å². The average Bonchev–Trinajstić information content (AvgIpc) is 2.68. The summed E-state index contributed by atoms with van der Waals surface area (Å²) in [5.41, 5.74) is 1.72. The third-order valence-electron chi connectivity index (χ3n) is 3.96. The summed E-state index contributed by atoms with van der Waals surface area (Å²) in [5.74, 6) is -0.269. The zero-order chi connectivity index (χ0) is 15.0. The second-order valence-electron chi connectivity index (χ2n) is 5.43. The predicted octanol–water partition coefficient (Wildman–Crippen LogP) is 2.19. The van der Waals surface area contributed by atoms with Gasteiger partial charge in [0, 0.05) is 30.4 Å². The monoisotopic (exact) mass is 282 g/mol. The van der Waals surface area contributed by atoms with Gasteiger partial charge in [-0.1, -0.05) is 18.2 Å². The maximum atomic E-state index is 12.7. The molecule has 0 saturated carbocycles. The molecule has 4 heteroatoms. The summed E-state index contributed by atoms with van der Waals surface area (Å²) in [6, 6.07) is 11.2. The molecule has 0 radical (unpaired) electrons. The van der Waals surface area contributed by atoms with E-state index < -0.39 is 5.60 Å². The third kappa shape index (κ3) is 2.12. The van der Waals surface area contributed by atoms with Crippen LogP contribution in [0, 0.1) is 6.92 Å². The van der Waals surface area contributed by atoms with Crippen molar-refractivity contribution < 1.29 is 9.90 Å². The van der Waals surface area contributed by atoms with Crippen molar-refractivity contribution in [3.63, 3.8) is 0 Å². The number of aromatic nitrogens is 1. The summed E-state index contributed by atoms with van der Waals surface area (Å²) in [6.45, 7) is 4.42. The number of aliphatic hydroxyl groups is 1. The Balaban J connectivity index is 2.06. The topological polar surface area (TPSA) is 53.4 Å². The molecule has 1 aliphatic rings.